The van der Waals surface area contributed by atoms with Gasteiger partial charge in [0.2, 0.25) is 0 Å². The van der Waals surface area contributed by atoms with Crippen molar-refractivity contribution in [3.63, 3.8) is 0 Å². The molecule has 0 aromatic rings. The molecule has 4 bridgehead atoms. The summed E-state index contributed by atoms with van der Waals surface area (Å²) >= 11 is 0. The summed E-state index contributed by atoms with van der Waals surface area (Å²) in [5, 5.41) is 10.3. The van der Waals surface area contributed by atoms with Crippen molar-refractivity contribution in [2.24, 2.45) is 17.8 Å². The fourth-order valence-corrected chi connectivity index (χ4v) is 3.75. The number of hydrogen-bond donors (Lipinski definition) is 1. The fourth-order valence-electron chi connectivity index (χ4n) is 3.75. The smallest absolute Gasteiger partial charge is 0.114 e. The van der Waals surface area contributed by atoms with Crippen LogP contribution in [0.4, 0.5) is 0 Å². The van der Waals surface area contributed by atoms with Crippen LogP contribution in [0.15, 0.2) is 11.3 Å². The number of allylic oxidation sites excluding steroid dienone is 2. The summed E-state index contributed by atoms with van der Waals surface area (Å²) in [7, 11) is 0. The van der Waals surface area contributed by atoms with Crippen molar-refractivity contribution in [2.45, 2.75) is 32.1 Å². The number of carboxylic acids is 1. The van der Waals surface area contributed by atoms with Gasteiger partial charge in [-0.05, 0) is 49.5 Å². The molecule has 1 unspecified atom stereocenters. The minimum atomic E-state index is -1.18. The Morgan fingerprint density at radius 1 is 1.31 bits per heavy atom. The van der Waals surface area contributed by atoms with Crippen LogP contribution in [0.1, 0.15) is 32.1 Å². The third kappa shape index (κ3) is 1.71. The predicted molar refractivity (Wildman–Crippen MR) is 54.7 cm³/mol. The summed E-state index contributed by atoms with van der Waals surface area (Å²) in [6.07, 6.45) is 6.26. The Kier molecular flexibility index (Phi) is 2.39. The first-order chi connectivity index (χ1) is 7.72. The van der Waals surface area contributed by atoms with Gasteiger partial charge >= 0.3 is 0 Å². The third-order valence-corrected chi connectivity index (χ3v) is 4.13. The number of hydrogen-bond acceptors (Lipinski definition) is 4. The van der Waals surface area contributed by atoms with Crippen molar-refractivity contribution in [3.05, 3.63) is 11.3 Å². The number of carbonyl (C=O) groups is 1. The molecular formula is C12H16NO3-. The van der Waals surface area contributed by atoms with Gasteiger partial charge in [-0.1, -0.05) is 0 Å². The van der Waals surface area contributed by atoms with Crippen LogP contribution >= 0.6 is 0 Å². The highest BCUT2D eigenvalue weighted by atomic mass is 16.7. The zero-order valence-corrected chi connectivity index (χ0v) is 9.20. The lowest BCUT2D eigenvalue weighted by atomic mass is 9.60. The first-order valence-corrected chi connectivity index (χ1v) is 6.02. The molecule has 0 spiro atoms. The SMILES string of the molecule is O=C([O-])CONC1=C2C[C@@H]3CC1C[C@H](C2)C3. The predicted octanol–water partition coefficient (Wildman–Crippen LogP) is 0.351. The molecule has 0 heterocycles. The molecular weight excluding hydrogens is 206 g/mol. The second-order valence-electron chi connectivity index (χ2n) is 5.32. The Balaban J connectivity index is 1.68. The quantitative estimate of drug-likeness (QED) is 0.697. The topological polar surface area (TPSA) is 61.4 Å². The van der Waals surface area contributed by atoms with E-state index in [1.807, 2.05) is 0 Å². The molecule has 0 amide bonds. The van der Waals surface area contributed by atoms with E-state index in [0.29, 0.717) is 5.92 Å². The molecule has 2 fully saturated rings. The Hall–Kier alpha value is -1.03. The summed E-state index contributed by atoms with van der Waals surface area (Å²) in [6.45, 7) is -0.379. The Labute approximate surface area is 94.6 Å². The van der Waals surface area contributed by atoms with Crippen LogP contribution in [-0.4, -0.2) is 12.6 Å². The summed E-state index contributed by atoms with van der Waals surface area (Å²) in [4.78, 5) is 15.2. The molecule has 16 heavy (non-hydrogen) atoms. The van der Waals surface area contributed by atoms with Gasteiger partial charge in [-0.25, -0.2) is 0 Å². The average molecular weight is 222 g/mol. The highest BCUT2D eigenvalue weighted by Crippen LogP contribution is 2.52. The lowest BCUT2D eigenvalue weighted by Crippen LogP contribution is -2.40. The van der Waals surface area contributed by atoms with Crippen molar-refractivity contribution < 1.29 is 14.7 Å². The van der Waals surface area contributed by atoms with Crippen LogP contribution in [0.25, 0.3) is 0 Å². The maximum absolute atomic E-state index is 10.3. The molecule has 0 aromatic heterocycles. The second kappa shape index (κ2) is 3.77. The van der Waals surface area contributed by atoms with Gasteiger partial charge in [0.1, 0.15) is 6.61 Å². The number of rotatable bonds is 4. The zero-order valence-electron chi connectivity index (χ0n) is 9.20. The van der Waals surface area contributed by atoms with E-state index < -0.39 is 5.97 Å². The molecule has 0 aromatic carbocycles. The van der Waals surface area contributed by atoms with Crippen molar-refractivity contribution in [3.8, 4) is 0 Å². The lowest BCUT2D eigenvalue weighted by Gasteiger charge is -2.47. The van der Waals surface area contributed by atoms with Crippen molar-refractivity contribution in [2.75, 3.05) is 6.61 Å². The molecule has 88 valence electrons. The van der Waals surface area contributed by atoms with Crippen LogP contribution < -0.4 is 10.6 Å². The Morgan fingerprint density at radius 3 is 2.56 bits per heavy atom. The lowest BCUT2D eigenvalue weighted by molar-refractivity contribution is -0.310. The molecule has 2 saturated carbocycles. The fraction of sp³-hybridized carbons (Fsp3) is 0.750. The van der Waals surface area contributed by atoms with Gasteiger partial charge < -0.3 is 9.90 Å². The van der Waals surface area contributed by atoms with Gasteiger partial charge in [0.25, 0.3) is 0 Å². The second-order valence-corrected chi connectivity index (χ2v) is 5.32. The van der Waals surface area contributed by atoms with Gasteiger partial charge in [0, 0.05) is 11.6 Å². The van der Waals surface area contributed by atoms with E-state index in [2.05, 4.69) is 5.48 Å². The number of carboxylic acid groups (broad SMARTS) is 1. The summed E-state index contributed by atoms with van der Waals surface area (Å²) in [5.74, 6) is 1.16. The van der Waals surface area contributed by atoms with Crippen LogP contribution in [0.2, 0.25) is 0 Å². The van der Waals surface area contributed by atoms with E-state index in [9.17, 15) is 9.90 Å². The molecule has 0 saturated heterocycles. The third-order valence-electron chi connectivity index (χ3n) is 4.13. The molecule has 4 heteroatoms. The van der Waals surface area contributed by atoms with Crippen molar-refractivity contribution >= 4 is 5.97 Å². The molecule has 3 atom stereocenters. The molecule has 4 nitrogen and oxygen atoms in total. The number of aliphatic carboxylic acids is 1. The number of carbonyl (C=O) groups excluding carboxylic acids is 1. The van der Waals surface area contributed by atoms with E-state index in [4.69, 9.17) is 4.84 Å². The molecule has 1 N–H and O–H groups in total. The van der Waals surface area contributed by atoms with Gasteiger partial charge in [0.15, 0.2) is 0 Å². The van der Waals surface area contributed by atoms with Crippen molar-refractivity contribution in [1.29, 1.82) is 0 Å². The molecule has 0 aliphatic heterocycles. The standard InChI is InChI=1S/C12H17NO3/c14-11(15)6-16-13-12-9-2-7-1-8(4-9)5-10(12)3-7/h7-9,13H,1-6H2,(H,14,15)/p-1/t7-,8+,9?. The zero-order chi connectivity index (χ0) is 11.1. The van der Waals surface area contributed by atoms with Crippen LogP contribution in [0.3, 0.4) is 0 Å². The Morgan fingerprint density at radius 2 is 2.00 bits per heavy atom. The maximum atomic E-state index is 10.3. The number of hydroxylamine groups is 1. The van der Waals surface area contributed by atoms with Gasteiger partial charge in [-0.3, -0.25) is 10.3 Å². The minimum Gasteiger partial charge on any atom is -0.548 e. The molecule has 4 aliphatic carbocycles. The van der Waals surface area contributed by atoms with E-state index >= 15 is 0 Å². The monoisotopic (exact) mass is 222 g/mol. The molecule has 4 rings (SSSR count). The normalized spacial score (nSPS) is 35.6. The molecule has 4 aliphatic rings. The largest absolute Gasteiger partial charge is 0.548 e. The van der Waals surface area contributed by atoms with Gasteiger partial charge in [0.05, 0.1) is 5.97 Å². The maximum Gasteiger partial charge on any atom is 0.114 e. The minimum absolute atomic E-state index is 0.379. The summed E-state index contributed by atoms with van der Waals surface area (Å²) in [5.41, 5.74) is 5.50. The highest BCUT2D eigenvalue weighted by molar-refractivity contribution is 5.65. The van der Waals surface area contributed by atoms with Gasteiger partial charge in [-0.15, -0.1) is 0 Å². The van der Waals surface area contributed by atoms with Crippen LogP contribution in [0, 0.1) is 17.8 Å². The average Bonchev–Trinajstić information content (AvgIpc) is 2.20. The first-order valence-electron chi connectivity index (χ1n) is 6.02. The Bertz CT molecular complexity index is 334. The van der Waals surface area contributed by atoms with E-state index in [0.717, 1.165) is 11.8 Å². The number of nitrogens with one attached hydrogen (secondary N) is 1. The van der Waals surface area contributed by atoms with Crippen LogP contribution in [-0.2, 0) is 9.63 Å². The van der Waals surface area contributed by atoms with E-state index in [1.165, 1.54) is 43.4 Å². The van der Waals surface area contributed by atoms with E-state index in [1.54, 1.807) is 0 Å². The van der Waals surface area contributed by atoms with Crippen molar-refractivity contribution in [1.82, 2.24) is 5.48 Å². The summed E-state index contributed by atoms with van der Waals surface area (Å²) < 4.78 is 0. The van der Waals surface area contributed by atoms with Crippen LogP contribution in [0.5, 0.6) is 0 Å². The molecule has 0 radical (unpaired) electrons. The first kappa shape index (κ1) is 10.1. The summed E-state index contributed by atoms with van der Waals surface area (Å²) in [6, 6.07) is 0. The van der Waals surface area contributed by atoms with Gasteiger partial charge in [-0.2, -0.15) is 0 Å². The van der Waals surface area contributed by atoms with E-state index in [-0.39, 0.29) is 6.61 Å². The highest BCUT2D eigenvalue weighted by Gasteiger charge is 2.41.